The first-order valence-corrected chi connectivity index (χ1v) is 11.0. The average molecular weight is 432 g/mol. The Morgan fingerprint density at radius 3 is 2.00 bits per heavy atom. The molecule has 31 heavy (non-hydrogen) atoms. The fourth-order valence-corrected chi connectivity index (χ4v) is 3.97. The average Bonchev–Trinajstić information content (AvgIpc) is 2.79. The number of nitrogens with zero attached hydrogens (tertiary/aromatic N) is 1. The third kappa shape index (κ3) is 7.40. The summed E-state index contributed by atoms with van der Waals surface area (Å²) < 4.78 is 37.9. The molecule has 0 amide bonds. The number of ether oxygens (including phenoxy) is 2. The van der Waals surface area contributed by atoms with Crippen LogP contribution >= 0.6 is 0 Å². The maximum absolute atomic E-state index is 13.4. The molecule has 3 rings (SSSR count). The topological polar surface area (TPSA) is 38.8 Å². The van der Waals surface area contributed by atoms with Gasteiger partial charge >= 0.3 is 5.97 Å². The molecule has 0 spiro atoms. The minimum Gasteiger partial charge on any atom is -0.469 e. The quantitative estimate of drug-likeness (QED) is 0.380. The molecule has 0 N–H and O–H groups in total. The summed E-state index contributed by atoms with van der Waals surface area (Å²) in [7, 11) is 1.42. The molecule has 1 saturated heterocycles. The summed E-state index contributed by atoms with van der Waals surface area (Å²) in [5.74, 6) is -0.724. The number of piperidine rings is 1. The van der Waals surface area contributed by atoms with Gasteiger partial charge in [-0.3, -0.25) is 4.79 Å². The highest BCUT2D eigenvalue weighted by Gasteiger charge is 2.24. The first-order chi connectivity index (χ1) is 15.0. The number of carbonyl (C=O) groups excluding carboxylic acids is 1. The molecule has 168 valence electrons. The van der Waals surface area contributed by atoms with Crippen LogP contribution in [0.2, 0.25) is 0 Å². The van der Waals surface area contributed by atoms with Gasteiger partial charge in [-0.1, -0.05) is 30.7 Å². The van der Waals surface area contributed by atoms with Crippen LogP contribution in [-0.2, 0) is 14.3 Å². The second-order valence-corrected chi connectivity index (χ2v) is 8.05. The minimum absolute atomic E-state index is 0.0932. The number of methoxy groups -OCH3 is 1. The van der Waals surface area contributed by atoms with Crippen LogP contribution < -0.4 is 0 Å². The lowest BCUT2D eigenvalue weighted by atomic mass is 9.99. The molecule has 0 atom stereocenters. The first-order valence-electron chi connectivity index (χ1n) is 11.0. The number of hydrogen-bond donors (Lipinski definition) is 0. The molecule has 0 saturated carbocycles. The third-order valence-corrected chi connectivity index (χ3v) is 5.79. The largest absolute Gasteiger partial charge is 0.469 e. The van der Waals surface area contributed by atoms with Crippen LogP contribution in [0.4, 0.5) is 8.78 Å². The fraction of sp³-hybridized carbons (Fsp3) is 0.480. The van der Waals surface area contributed by atoms with Crippen LogP contribution in [0.3, 0.4) is 0 Å². The van der Waals surface area contributed by atoms with E-state index in [2.05, 4.69) is 9.64 Å². The van der Waals surface area contributed by atoms with Gasteiger partial charge in [0.2, 0.25) is 0 Å². The summed E-state index contributed by atoms with van der Waals surface area (Å²) in [6.45, 7) is 2.94. The van der Waals surface area contributed by atoms with E-state index in [1.807, 2.05) is 0 Å². The van der Waals surface area contributed by atoms with Gasteiger partial charge in [-0.2, -0.15) is 0 Å². The van der Waals surface area contributed by atoms with Gasteiger partial charge in [-0.25, -0.2) is 8.78 Å². The Kier molecular flexibility index (Phi) is 8.98. The van der Waals surface area contributed by atoms with Gasteiger partial charge < -0.3 is 14.4 Å². The second-order valence-electron chi connectivity index (χ2n) is 8.05. The van der Waals surface area contributed by atoms with Crippen LogP contribution in [0.15, 0.2) is 48.5 Å². The van der Waals surface area contributed by atoms with Gasteiger partial charge in [0, 0.05) is 19.5 Å². The molecule has 0 aliphatic carbocycles. The molecule has 0 radical (unpaired) electrons. The van der Waals surface area contributed by atoms with E-state index in [0.29, 0.717) is 6.42 Å². The van der Waals surface area contributed by atoms with Crippen molar-refractivity contribution in [3.8, 4) is 0 Å². The van der Waals surface area contributed by atoms with E-state index in [1.54, 1.807) is 24.3 Å². The van der Waals surface area contributed by atoms with Crippen molar-refractivity contribution in [2.45, 2.75) is 50.7 Å². The Labute approximate surface area is 183 Å². The highest BCUT2D eigenvalue weighted by molar-refractivity contribution is 5.68. The van der Waals surface area contributed by atoms with Crippen LogP contribution in [-0.4, -0.2) is 43.7 Å². The van der Waals surface area contributed by atoms with E-state index < -0.39 is 0 Å². The van der Waals surface area contributed by atoms with Gasteiger partial charge in [0.25, 0.3) is 0 Å². The molecule has 4 nitrogen and oxygen atoms in total. The lowest BCUT2D eigenvalue weighted by Gasteiger charge is -2.34. The highest BCUT2D eigenvalue weighted by atomic mass is 19.1. The molecule has 0 aromatic heterocycles. The predicted molar refractivity (Wildman–Crippen MR) is 116 cm³/mol. The third-order valence-electron chi connectivity index (χ3n) is 5.79. The van der Waals surface area contributed by atoms with Crippen LogP contribution in [0, 0.1) is 11.6 Å². The van der Waals surface area contributed by atoms with Gasteiger partial charge in [-0.15, -0.1) is 0 Å². The number of halogens is 2. The maximum Gasteiger partial charge on any atom is 0.305 e. The summed E-state index contributed by atoms with van der Waals surface area (Å²) >= 11 is 0. The number of likely N-dealkylation sites (tertiary alicyclic amines) is 1. The number of benzene rings is 2. The smallest absolute Gasteiger partial charge is 0.305 e. The molecule has 1 aliphatic rings. The van der Waals surface area contributed by atoms with Gasteiger partial charge in [0.05, 0.1) is 13.2 Å². The summed E-state index contributed by atoms with van der Waals surface area (Å²) in [4.78, 5) is 13.6. The summed E-state index contributed by atoms with van der Waals surface area (Å²) in [6.07, 6.45) is 5.01. The van der Waals surface area contributed by atoms with Gasteiger partial charge in [0.15, 0.2) is 0 Å². The van der Waals surface area contributed by atoms with Crippen molar-refractivity contribution in [1.29, 1.82) is 0 Å². The van der Waals surface area contributed by atoms with Crippen LogP contribution in [0.25, 0.3) is 0 Å². The van der Waals surface area contributed by atoms with Crippen molar-refractivity contribution in [3.05, 3.63) is 71.3 Å². The molecule has 2 aromatic rings. The Morgan fingerprint density at radius 1 is 0.935 bits per heavy atom. The zero-order valence-electron chi connectivity index (χ0n) is 18.1. The number of esters is 1. The number of unbranched alkanes of at least 4 members (excludes halogenated alkanes) is 2. The lowest BCUT2D eigenvalue weighted by Crippen LogP contribution is -2.38. The van der Waals surface area contributed by atoms with Crippen LogP contribution in [0.5, 0.6) is 0 Å². The number of hydrogen-bond acceptors (Lipinski definition) is 4. The summed E-state index contributed by atoms with van der Waals surface area (Å²) in [5, 5.41) is 0. The Bertz CT molecular complexity index is 757. The van der Waals surface area contributed by atoms with Gasteiger partial charge in [-0.05, 0) is 67.6 Å². The molecule has 1 fully saturated rings. The van der Waals surface area contributed by atoms with E-state index in [9.17, 15) is 13.6 Å². The molecule has 1 aliphatic heterocycles. The molecular weight excluding hydrogens is 400 g/mol. The van der Waals surface area contributed by atoms with Crippen molar-refractivity contribution >= 4 is 5.97 Å². The van der Waals surface area contributed by atoms with E-state index in [4.69, 9.17) is 4.74 Å². The van der Waals surface area contributed by atoms with Crippen molar-refractivity contribution in [2.75, 3.05) is 26.7 Å². The number of carbonyl (C=O) groups is 1. The molecule has 0 bridgehead atoms. The molecule has 0 unspecified atom stereocenters. The van der Waals surface area contributed by atoms with Gasteiger partial charge in [0.1, 0.15) is 17.7 Å². The highest BCUT2D eigenvalue weighted by Crippen LogP contribution is 2.30. The van der Waals surface area contributed by atoms with Crippen molar-refractivity contribution in [1.82, 2.24) is 4.90 Å². The van der Waals surface area contributed by atoms with Crippen molar-refractivity contribution < 1.29 is 23.0 Å². The SMILES string of the molecule is COC(=O)CCCCCN1CCC(OC(c2ccc(F)cc2)c2ccc(F)cc2)CC1. The monoisotopic (exact) mass is 431 g/mol. The predicted octanol–water partition coefficient (Wildman–Crippen LogP) is 5.27. The fourth-order valence-electron chi connectivity index (χ4n) is 3.97. The molecule has 1 heterocycles. The zero-order chi connectivity index (χ0) is 22.1. The van der Waals surface area contributed by atoms with E-state index in [1.165, 1.54) is 31.4 Å². The van der Waals surface area contributed by atoms with E-state index in [-0.39, 0.29) is 29.8 Å². The Morgan fingerprint density at radius 2 is 1.48 bits per heavy atom. The zero-order valence-corrected chi connectivity index (χ0v) is 18.1. The van der Waals surface area contributed by atoms with Crippen LogP contribution in [0.1, 0.15) is 55.8 Å². The van der Waals surface area contributed by atoms with E-state index >= 15 is 0 Å². The number of rotatable bonds is 10. The maximum atomic E-state index is 13.4. The molecular formula is C25H31F2NO3. The van der Waals surface area contributed by atoms with Crippen molar-refractivity contribution in [2.24, 2.45) is 0 Å². The first kappa shape index (κ1) is 23.4. The Balaban J connectivity index is 1.50. The standard InChI is InChI=1S/C25H31F2NO3/c1-30-24(29)5-3-2-4-16-28-17-14-23(15-18-28)31-25(19-6-10-21(26)11-7-19)20-8-12-22(27)13-9-20/h6-13,23,25H,2-5,14-18H2,1H3. The molecule has 6 heteroatoms. The second kappa shape index (κ2) is 11.9. The van der Waals surface area contributed by atoms with E-state index in [0.717, 1.165) is 62.9 Å². The minimum atomic E-state index is -0.351. The van der Waals surface area contributed by atoms with Crippen molar-refractivity contribution in [3.63, 3.8) is 0 Å². The summed E-state index contributed by atoms with van der Waals surface area (Å²) in [6, 6.07) is 12.6. The summed E-state index contributed by atoms with van der Waals surface area (Å²) in [5.41, 5.74) is 1.72. The normalized spacial score (nSPS) is 15.4. The molecule has 2 aromatic carbocycles. The lowest BCUT2D eigenvalue weighted by molar-refractivity contribution is -0.140. The Hall–Kier alpha value is -2.31.